The molecule has 0 aliphatic heterocycles. The summed E-state index contributed by atoms with van der Waals surface area (Å²) in [6.07, 6.45) is 1.48. The second kappa shape index (κ2) is 2.10. The molecule has 2 radical (unpaired) electrons. The quantitative estimate of drug-likeness (QED) is 0.476. The van der Waals surface area contributed by atoms with Crippen LogP contribution in [0.1, 0.15) is 20.3 Å². The van der Waals surface area contributed by atoms with Gasteiger partial charge in [0.2, 0.25) is 0 Å². The summed E-state index contributed by atoms with van der Waals surface area (Å²) >= 11 is 0. The van der Waals surface area contributed by atoms with Gasteiger partial charge in [0.15, 0.2) is 0 Å². The molecule has 0 aromatic heterocycles. The van der Waals surface area contributed by atoms with Crippen LogP contribution in [0.5, 0.6) is 0 Å². The van der Waals surface area contributed by atoms with E-state index in [9.17, 15) is 4.79 Å². The van der Waals surface area contributed by atoms with Gasteiger partial charge in [0.1, 0.15) is 6.29 Å². The van der Waals surface area contributed by atoms with Gasteiger partial charge in [-0.25, -0.2) is 0 Å². The van der Waals surface area contributed by atoms with Crippen LogP contribution >= 0.6 is 0 Å². The minimum atomic E-state index is -0.597. The van der Waals surface area contributed by atoms with E-state index in [4.69, 9.17) is 6.92 Å². The smallest absolute Gasteiger partial charge is 0.126 e. The maximum Gasteiger partial charge on any atom is 0.126 e. The Labute approximate surface area is 44.7 Å². The summed E-state index contributed by atoms with van der Waals surface area (Å²) < 4.78 is 0. The molecular formula is C6H10O. The molecule has 0 saturated heterocycles. The first-order chi connectivity index (χ1) is 3.12. The van der Waals surface area contributed by atoms with E-state index in [0.29, 0.717) is 6.42 Å². The molecule has 0 saturated carbocycles. The van der Waals surface area contributed by atoms with Crippen molar-refractivity contribution in [2.75, 3.05) is 0 Å². The van der Waals surface area contributed by atoms with Gasteiger partial charge in [-0.05, 0) is 13.3 Å². The lowest BCUT2D eigenvalue weighted by Gasteiger charge is -2.10. The SMILES string of the molecule is [CH][C@](C)(C=O)CC. The highest BCUT2D eigenvalue weighted by molar-refractivity contribution is 5.59. The fourth-order valence-electron chi connectivity index (χ4n) is 0.0833. The molecule has 1 heteroatoms. The molecule has 7 heavy (non-hydrogen) atoms. The molecule has 0 aromatic carbocycles. The van der Waals surface area contributed by atoms with Crippen LogP contribution in [0, 0.1) is 12.3 Å². The normalized spacial score (nSPS) is 11.3. The lowest BCUT2D eigenvalue weighted by atomic mass is 9.93. The summed E-state index contributed by atoms with van der Waals surface area (Å²) in [5.74, 6) is 0. The van der Waals surface area contributed by atoms with E-state index in [-0.39, 0.29) is 0 Å². The molecule has 0 aromatic rings. The van der Waals surface area contributed by atoms with Crippen LogP contribution in [0.4, 0.5) is 0 Å². The summed E-state index contributed by atoms with van der Waals surface area (Å²) in [7, 11) is 0. The summed E-state index contributed by atoms with van der Waals surface area (Å²) in [5, 5.41) is 0. The zero-order chi connectivity index (χ0) is 5.91. The zero-order valence-corrected chi connectivity index (χ0v) is 4.77. The standard InChI is InChI=1S/C6H10O/c1-4-6(2,3)5-7/h2,5H,4H2,1,3H3/t6-/m1/s1. The van der Waals surface area contributed by atoms with Gasteiger partial charge in [-0.15, -0.1) is 0 Å². The van der Waals surface area contributed by atoms with E-state index in [0.717, 1.165) is 6.29 Å². The molecule has 0 aliphatic carbocycles. The van der Waals surface area contributed by atoms with Gasteiger partial charge >= 0.3 is 0 Å². The fourth-order valence-corrected chi connectivity index (χ4v) is 0.0833. The van der Waals surface area contributed by atoms with Crippen molar-refractivity contribution in [2.24, 2.45) is 5.41 Å². The van der Waals surface area contributed by atoms with Crippen molar-refractivity contribution in [3.05, 3.63) is 6.92 Å². The molecule has 0 unspecified atom stereocenters. The Hall–Kier alpha value is -0.330. The van der Waals surface area contributed by atoms with Crippen molar-refractivity contribution in [2.45, 2.75) is 20.3 Å². The maximum absolute atomic E-state index is 9.93. The van der Waals surface area contributed by atoms with E-state index in [1.54, 1.807) is 6.92 Å². The third-order valence-corrected chi connectivity index (χ3v) is 1.03. The second-order valence-electron chi connectivity index (χ2n) is 1.98. The molecule has 0 amide bonds. The molecule has 1 nitrogen and oxygen atoms in total. The molecular weight excluding hydrogens is 88.1 g/mol. The zero-order valence-electron chi connectivity index (χ0n) is 4.77. The topological polar surface area (TPSA) is 17.1 Å². The Balaban J connectivity index is 3.58. The van der Waals surface area contributed by atoms with Gasteiger partial charge in [0.25, 0.3) is 0 Å². The first-order valence-electron chi connectivity index (χ1n) is 2.37. The highest BCUT2D eigenvalue weighted by atomic mass is 16.1. The highest BCUT2D eigenvalue weighted by Gasteiger charge is 2.11. The van der Waals surface area contributed by atoms with E-state index < -0.39 is 5.41 Å². The second-order valence-corrected chi connectivity index (χ2v) is 1.98. The molecule has 0 heterocycles. The van der Waals surface area contributed by atoms with Gasteiger partial charge in [0, 0.05) is 5.41 Å². The van der Waals surface area contributed by atoms with Gasteiger partial charge < -0.3 is 4.79 Å². The average molecular weight is 98.1 g/mol. The van der Waals surface area contributed by atoms with Crippen molar-refractivity contribution in [3.63, 3.8) is 0 Å². The van der Waals surface area contributed by atoms with Gasteiger partial charge in [0.05, 0.1) is 0 Å². The molecule has 1 atom stereocenters. The van der Waals surface area contributed by atoms with Crippen LogP contribution in [0.25, 0.3) is 0 Å². The summed E-state index contributed by atoms with van der Waals surface area (Å²) in [6, 6.07) is 0. The first kappa shape index (κ1) is 6.67. The van der Waals surface area contributed by atoms with E-state index >= 15 is 0 Å². The third kappa shape index (κ3) is 2.38. The molecule has 0 spiro atoms. The van der Waals surface area contributed by atoms with Crippen molar-refractivity contribution in [1.29, 1.82) is 0 Å². The van der Waals surface area contributed by atoms with Crippen LogP contribution in [-0.4, -0.2) is 6.29 Å². The van der Waals surface area contributed by atoms with Gasteiger partial charge in [-0.3, -0.25) is 0 Å². The Morgan fingerprint density at radius 2 is 2.29 bits per heavy atom. The number of carbonyl (C=O) groups is 1. The summed E-state index contributed by atoms with van der Waals surface area (Å²) in [5.41, 5.74) is -0.597. The van der Waals surface area contributed by atoms with Crippen molar-refractivity contribution >= 4 is 6.29 Å². The first-order valence-corrected chi connectivity index (χ1v) is 2.37. The molecule has 0 bridgehead atoms. The van der Waals surface area contributed by atoms with E-state index in [1.807, 2.05) is 6.92 Å². The van der Waals surface area contributed by atoms with Crippen molar-refractivity contribution < 1.29 is 4.79 Å². The predicted molar refractivity (Wildman–Crippen MR) is 28.8 cm³/mol. The summed E-state index contributed by atoms with van der Waals surface area (Å²) in [6.45, 7) is 8.94. The van der Waals surface area contributed by atoms with Crippen LogP contribution in [0.3, 0.4) is 0 Å². The number of hydrogen-bond acceptors (Lipinski definition) is 1. The minimum Gasteiger partial charge on any atom is -0.303 e. The summed E-state index contributed by atoms with van der Waals surface area (Å²) in [4.78, 5) is 9.93. The van der Waals surface area contributed by atoms with Crippen LogP contribution in [-0.2, 0) is 4.79 Å². The van der Waals surface area contributed by atoms with E-state index in [1.165, 1.54) is 0 Å². The van der Waals surface area contributed by atoms with Crippen LogP contribution in [0.2, 0.25) is 0 Å². The van der Waals surface area contributed by atoms with Gasteiger partial charge in [-0.1, -0.05) is 13.8 Å². The Kier molecular flexibility index (Phi) is 2.00. The lowest BCUT2D eigenvalue weighted by molar-refractivity contribution is -0.113. The number of hydrogen-bond donors (Lipinski definition) is 0. The number of carbonyl (C=O) groups excluding carboxylic acids is 1. The molecule has 0 fully saturated rings. The monoisotopic (exact) mass is 98.1 g/mol. The lowest BCUT2D eigenvalue weighted by Crippen LogP contribution is -2.10. The number of rotatable bonds is 2. The largest absolute Gasteiger partial charge is 0.303 e. The average Bonchev–Trinajstić information content (AvgIpc) is 1.68. The maximum atomic E-state index is 9.93. The van der Waals surface area contributed by atoms with Crippen LogP contribution in [0.15, 0.2) is 0 Å². The Bertz CT molecular complexity index is 64.6. The molecule has 0 N–H and O–H groups in total. The van der Waals surface area contributed by atoms with Crippen molar-refractivity contribution in [1.82, 2.24) is 0 Å². The van der Waals surface area contributed by atoms with E-state index in [2.05, 4.69) is 0 Å². The Morgan fingerprint density at radius 3 is 2.29 bits per heavy atom. The third-order valence-electron chi connectivity index (χ3n) is 1.03. The fraction of sp³-hybridized carbons (Fsp3) is 0.667. The molecule has 40 valence electrons. The molecule has 0 aliphatic rings. The van der Waals surface area contributed by atoms with Crippen LogP contribution < -0.4 is 0 Å². The predicted octanol–water partition coefficient (Wildman–Crippen LogP) is 1.31. The number of aldehydes is 1. The molecule has 0 rings (SSSR count). The highest BCUT2D eigenvalue weighted by Crippen LogP contribution is 2.13. The Morgan fingerprint density at radius 1 is 1.86 bits per heavy atom. The van der Waals surface area contributed by atoms with Crippen molar-refractivity contribution in [3.8, 4) is 0 Å². The minimum absolute atomic E-state index is 0.597. The van der Waals surface area contributed by atoms with Gasteiger partial charge in [-0.2, -0.15) is 0 Å².